The third-order valence-corrected chi connectivity index (χ3v) is 2.84. The van der Waals surface area contributed by atoms with Gasteiger partial charge in [-0.1, -0.05) is 18.2 Å². The normalized spacial score (nSPS) is 9.60. The summed E-state index contributed by atoms with van der Waals surface area (Å²) in [7, 11) is 1.64. The molecule has 0 atom stereocenters. The highest BCUT2D eigenvalue weighted by Crippen LogP contribution is 2.20. The molecule has 0 radical (unpaired) electrons. The van der Waals surface area contributed by atoms with E-state index in [1.807, 2.05) is 54.6 Å². The minimum Gasteiger partial charge on any atom is -0.497 e. The van der Waals surface area contributed by atoms with Gasteiger partial charge in [-0.2, -0.15) is 5.26 Å². The molecule has 0 aliphatic rings. The van der Waals surface area contributed by atoms with Crippen LogP contribution in [0.1, 0.15) is 5.56 Å². The van der Waals surface area contributed by atoms with Crippen molar-refractivity contribution in [3.8, 4) is 17.6 Å². The molecule has 0 aliphatic heterocycles. The van der Waals surface area contributed by atoms with Crippen molar-refractivity contribution in [3.63, 3.8) is 0 Å². The number of benzene rings is 2. The molecule has 0 saturated heterocycles. The van der Waals surface area contributed by atoms with E-state index in [-0.39, 0.29) is 6.61 Å². The molecule has 0 heterocycles. The van der Waals surface area contributed by atoms with Crippen LogP contribution in [0.5, 0.6) is 11.5 Å². The Hall–Kier alpha value is -2.67. The van der Waals surface area contributed by atoms with Crippen molar-refractivity contribution in [2.45, 2.75) is 6.54 Å². The predicted molar refractivity (Wildman–Crippen MR) is 77.9 cm³/mol. The number of nitrogens with one attached hydrogen (secondary N) is 1. The largest absolute Gasteiger partial charge is 0.497 e. The molecule has 0 unspecified atom stereocenters. The third kappa shape index (κ3) is 3.66. The van der Waals surface area contributed by atoms with E-state index in [1.165, 1.54) is 0 Å². The molecule has 0 fully saturated rings. The fraction of sp³-hybridized carbons (Fsp3) is 0.188. The van der Waals surface area contributed by atoms with Crippen molar-refractivity contribution >= 4 is 5.69 Å². The maximum atomic E-state index is 8.57. The summed E-state index contributed by atoms with van der Waals surface area (Å²) in [4.78, 5) is 0. The second-order valence-corrected chi connectivity index (χ2v) is 4.14. The van der Waals surface area contributed by atoms with Crippen LogP contribution in [0.25, 0.3) is 0 Å². The average molecular weight is 268 g/mol. The molecule has 2 aromatic rings. The number of rotatable bonds is 6. The zero-order chi connectivity index (χ0) is 14.2. The molecular weight excluding hydrogens is 252 g/mol. The second-order valence-electron chi connectivity index (χ2n) is 4.14. The first kappa shape index (κ1) is 13.8. The number of anilines is 1. The Labute approximate surface area is 118 Å². The lowest BCUT2D eigenvalue weighted by Crippen LogP contribution is -2.03. The lowest BCUT2D eigenvalue weighted by molar-refractivity contribution is 0.364. The van der Waals surface area contributed by atoms with Crippen LogP contribution in [0.15, 0.2) is 48.5 Å². The van der Waals surface area contributed by atoms with Gasteiger partial charge in [0.15, 0.2) is 6.61 Å². The van der Waals surface area contributed by atoms with E-state index < -0.39 is 0 Å². The topological polar surface area (TPSA) is 54.3 Å². The van der Waals surface area contributed by atoms with Crippen molar-refractivity contribution in [3.05, 3.63) is 54.1 Å². The summed E-state index contributed by atoms with van der Waals surface area (Å²) in [5.41, 5.74) is 2.01. The van der Waals surface area contributed by atoms with E-state index in [0.29, 0.717) is 6.54 Å². The van der Waals surface area contributed by atoms with Crippen molar-refractivity contribution in [2.24, 2.45) is 0 Å². The van der Waals surface area contributed by atoms with Crippen molar-refractivity contribution in [2.75, 3.05) is 19.0 Å². The molecule has 1 N–H and O–H groups in total. The highest BCUT2D eigenvalue weighted by atomic mass is 16.5. The van der Waals surface area contributed by atoms with Crippen LogP contribution in [0.4, 0.5) is 5.69 Å². The first-order valence-electron chi connectivity index (χ1n) is 6.29. The molecule has 2 aromatic carbocycles. The van der Waals surface area contributed by atoms with Gasteiger partial charge in [0.2, 0.25) is 0 Å². The molecule has 0 bridgehead atoms. The number of para-hydroxylation sites is 1. The minimum absolute atomic E-state index is 0.0551. The molecule has 102 valence electrons. The fourth-order valence-corrected chi connectivity index (χ4v) is 1.81. The first-order chi connectivity index (χ1) is 9.83. The van der Waals surface area contributed by atoms with Crippen LogP contribution in [0.2, 0.25) is 0 Å². The third-order valence-electron chi connectivity index (χ3n) is 2.84. The monoisotopic (exact) mass is 268 g/mol. The summed E-state index contributed by atoms with van der Waals surface area (Å²) in [6.45, 7) is 0.688. The van der Waals surface area contributed by atoms with Crippen LogP contribution in [-0.4, -0.2) is 13.7 Å². The SMILES string of the molecule is COc1ccc(NCc2ccccc2OCC#N)cc1. The zero-order valence-electron chi connectivity index (χ0n) is 11.3. The first-order valence-corrected chi connectivity index (χ1v) is 6.29. The summed E-state index contributed by atoms with van der Waals surface area (Å²) in [5, 5.41) is 11.9. The maximum absolute atomic E-state index is 8.57. The van der Waals surface area contributed by atoms with Gasteiger partial charge in [-0.25, -0.2) is 0 Å². The van der Waals surface area contributed by atoms with Gasteiger partial charge in [0.1, 0.15) is 17.6 Å². The summed E-state index contributed by atoms with van der Waals surface area (Å²) >= 11 is 0. The number of nitrogens with zero attached hydrogens (tertiary/aromatic N) is 1. The van der Waals surface area contributed by atoms with E-state index in [9.17, 15) is 0 Å². The highest BCUT2D eigenvalue weighted by molar-refractivity contribution is 5.47. The molecule has 4 nitrogen and oxygen atoms in total. The maximum Gasteiger partial charge on any atom is 0.174 e. The second kappa shape index (κ2) is 7.05. The van der Waals surface area contributed by atoms with Gasteiger partial charge in [0.05, 0.1) is 7.11 Å². The molecule has 0 amide bonds. The van der Waals surface area contributed by atoms with Crippen LogP contribution < -0.4 is 14.8 Å². The molecule has 4 heteroatoms. The van der Waals surface area contributed by atoms with Gasteiger partial charge in [0.25, 0.3) is 0 Å². The van der Waals surface area contributed by atoms with Crippen LogP contribution in [0.3, 0.4) is 0 Å². The Kier molecular flexibility index (Phi) is 4.85. The number of ether oxygens (including phenoxy) is 2. The van der Waals surface area contributed by atoms with E-state index in [1.54, 1.807) is 7.11 Å². The van der Waals surface area contributed by atoms with Crippen molar-refractivity contribution in [1.82, 2.24) is 0 Å². The Morgan fingerprint density at radius 3 is 2.55 bits per heavy atom. The zero-order valence-corrected chi connectivity index (χ0v) is 11.3. The van der Waals surface area contributed by atoms with Crippen LogP contribution >= 0.6 is 0 Å². The standard InChI is InChI=1S/C16H16N2O2/c1-19-15-8-6-14(7-9-15)18-12-13-4-2-3-5-16(13)20-11-10-17/h2-9,18H,11-12H2,1H3. The Bertz CT molecular complexity index is 588. The molecule has 0 spiro atoms. The van der Waals surface area contributed by atoms with E-state index in [2.05, 4.69) is 5.32 Å². The Balaban J connectivity index is 2.01. The molecule has 20 heavy (non-hydrogen) atoms. The van der Waals surface area contributed by atoms with Gasteiger partial charge in [-0.05, 0) is 30.3 Å². The Morgan fingerprint density at radius 1 is 1.10 bits per heavy atom. The lowest BCUT2D eigenvalue weighted by atomic mass is 10.2. The van der Waals surface area contributed by atoms with Gasteiger partial charge in [0, 0.05) is 17.8 Å². The molecule has 0 saturated carbocycles. The number of hydrogen-bond donors (Lipinski definition) is 1. The van der Waals surface area contributed by atoms with Crippen molar-refractivity contribution in [1.29, 1.82) is 5.26 Å². The highest BCUT2D eigenvalue weighted by Gasteiger charge is 2.02. The van der Waals surface area contributed by atoms with E-state index in [4.69, 9.17) is 14.7 Å². The smallest absolute Gasteiger partial charge is 0.174 e. The van der Waals surface area contributed by atoms with Gasteiger partial charge >= 0.3 is 0 Å². The van der Waals surface area contributed by atoms with Gasteiger partial charge in [-0.3, -0.25) is 0 Å². The van der Waals surface area contributed by atoms with Crippen molar-refractivity contribution < 1.29 is 9.47 Å². The molecule has 0 aromatic heterocycles. The van der Waals surface area contributed by atoms with Gasteiger partial charge in [-0.15, -0.1) is 0 Å². The predicted octanol–water partition coefficient (Wildman–Crippen LogP) is 3.21. The van der Waals surface area contributed by atoms with Crippen LogP contribution in [-0.2, 0) is 6.54 Å². The van der Waals surface area contributed by atoms with E-state index in [0.717, 1.165) is 22.7 Å². The molecular formula is C16H16N2O2. The number of nitriles is 1. The minimum atomic E-state index is 0.0551. The summed E-state index contributed by atoms with van der Waals surface area (Å²) in [6.07, 6.45) is 0. The number of methoxy groups -OCH3 is 1. The fourth-order valence-electron chi connectivity index (χ4n) is 1.81. The quantitative estimate of drug-likeness (QED) is 0.874. The van der Waals surface area contributed by atoms with Crippen LogP contribution in [0, 0.1) is 11.3 Å². The Morgan fingerprint density at radius 2 is 1.85 bits per heavy atom. The summed E-state index contributed by atoms with van der Waals surface area (Å²) < 4.78 is 10.5. The average Bonchev–Trinajstić information content (AvgIpc) is 2.52. The van der Waals surface area contributed by atoms with E-state index >= 15 is 0 Å². The summed E-state index contributed by atoms with van der Waals surface area (Å²) in [6, 6.07) is 17.4. The number of hydrogen-bond acceptors (Lipinski definition) is 4. The van der Waals surface area contributed by atoms with Gasteiger partial charge < -0.3 is 14.8 Å². The molecule has 0 aliphatic carbocycles. The summed E-state index contributed by atoms with van der Waals surface area (Å²) in [5.74, 6) is 1.56. The molecule has 2 rings (SSSR count). The lowest BCUT2D eigenvalue weighted by Gasteiger charge is -2.11.